The van der Waals surface area contributed by atoms with Gasteiger partial charge < -0.3 is 19.7 Å². The minimum atomic E-state index is -4.39. The molecule has 1 N–H and O–H groups in total. The van der Waals surface area contributed by atoms with E-state index in [9.17, 15) is 13.2 Å². The predicted molar refractivity (Wildman–Crippen MR) is 97.6 cm³/mol. The summed E-state index contributed by atoms with van der Waals surface area (Å²) in [5.41, 5.74) is 0.346. The van der Waals surface area contributed by atoms with Crippen molar-refractivity contribution < 1.29 is 22.6 Å². The zero-order valence-electron chi connectivity index (χ0n) is 15.4. The van der Waals surface area contributed by atoms with E-state index in [1.54, 1.807) is 12.1 Å². The largest absolute Gasteiger partial charge is 0.416 e. The van der Waals surface area contributed by atoms with Gasteiger partial charge in [0.2, 0.25) is 5.95 Å². The van der Waals surface area contributed by atoms with Crippen molar-refractivity contribution in [2.24, 2.45) is 0 Å². The number of aromatic nitrogens is 2. The topological polar surface area (TPSA) is 59.5 Å². The summed E-state index contributed by atoms with van der Waals surface area (Å²) in [6.45, 7) is 4.44. The van der Waals surface area contributed by atoms with Crippen LogP contribution < -0.4 is 10.2 Å². The van der Waals surface area contributed by atoms with E-state index in [4.69, 9.17) is 9.47 Å². The summed E-state index contributed by atoms with van der Waals surface area (Å²) in [5.74, 6) is 0.511. The Hall–Kier alpha value is -2.39. The molecule has 3 heterocycles. The number of benzene rings is 1. The molecule has 9 heteroatoms. The van der Waals surface area contributed by atoms with Crippen molar-refractivity contribution in [3.05, 3.63) is 41.6 Å². The molecule has 0 atom stereocenters. The Morgan fingerprint density at radius 1 is 1.07 bits per heavy atom. The monoisotopic (exact) mass is 394 g/mol. The molecule has 2 aliphatic rings. The van der Waals surface area contributed by atoms with Crippen LogP contribution in [0.25, 0.3) is 0 Å². The highest BCUT2D eigenvalue weighted by atomic mass is 19.4. The molecule has 2 aromatic rings. The Morgan fingerprint density at radius 3 is 2.46 bits per heavy atom. The molecule has 2 fully saturated rings. The number of nitrogens with one attached hydrogen (secondary N) is 1. The Balaban J connectivity index is 1.50. The SMILES string of the molecule is Cc1cc(Nc2cccc(C(F)(F)F)c2)nc(N2CCC3(CC2)OCCO3)n1. The van der Waals surface area contributed by atoms with E-state index < -0.39 is 17.5 Å². The van der Waals surface area contributed by atoms with Crippen molar-refractivity contribution >= 4 is 17.5 Å². The molecule has 2 saturated heterocycles. The molecule has 150 valence electrons. The van der Waals surface area contributed by atoms with Crippen LogP contribution in [0, 0.1) is 6.92 Å². The molecule has 1 spiro atoms. The first-order valence-corrected chi connectivity index (χ1v) is 9.16. The van der Waals surface area contributed by atoms with Crippen molar-refractivity contribution in [3.63, 3.8) is 0 Å². The lowest BCUT2D eigenvalue weighted by atomic mass is 10.0. The number of aryl methyl sites for hydroxylation is 1. The second kappa shape index (κ2) is 7.21. The zero-order valence-corrected chi connectivity index (χ0v) is 15.4. The van der Waals surface area contributed by atoms with Crippen molar-refractivity contribution in [2.45, 2.75) is 31.7 Å². The second-order valence-corrected chi connectivity index (χ2v) is 6.99. The third-order valence-corrected chi connectivity index (χ3v) is 4.93. The number of anilines is 3. The minimum absolute atomic E-state index is 0.323. The van der Waals surface area contributed by atoms with Crippen LogP contribution in [0.15, 0.2) is 30.3 Å². The first-order chi connectivity index (χ1) is 13.3. The summed E-state index contributed by atoms with van der Waals surface area (Å²) in [4.78, 5) is 11.0. The van der Waals surface area contributed by atoms with Crippen LogP contribution in [0.1, 0.15) is 24.1 Å². The maximum Gasteiger partial charge on any atom is 0.416 e. The maximum atomic E-state index is 12.9. The van der Waals surface area contributed by atoms with Crippen LogP contribution in [0.5, 0.6) is 0 Å². The Labute approximate surface area is 160 Å². The normalized spacial score (nSPS) is 19.2. The standard InChI is InChI=1S/C19H21F3N4O2/c1-13-11-16(24-15-4-2-3-14(12-15)19(20,21)22)25-17(23-13)26-7-5-18(6-8-26)27-9-10-28-18/h2-4,11-12H,5-10H2,1H3,(H,23,24,25). The zero-order chi connectivity index (χ0) is 19.8. The number of hydrogen-bond acceptors (Lipinski definition) is 6. The average molecular weight is 394 g/mol. The lowest BCUT2D eigenvalue weighted by molar-refractivity contribution is -0.169. The molecule has 0 saturated carbocycles. The van der Waals surface area contributed by atoms with Gasteiger partial charge in [0.25, 0.3) is 0 Å². The van der Waals surface area contributed by atoms with Gasteiger partial charge in [-0.1, -0.05) is 6.07 Å². The molecule has 28 heavy (non-hydrogen) atoms. The molecule has 1 aromatic carbocycles. The Morgan fingerprint density at radius 2 is 1.79 bits per heavy atom. The van der Waals surface area contributed by atoms with Gasteiger partial charge >= 0.3 is 6.18 Å². The highest BCUT2D eigenvalue weighted by Gasteiger charge is 2.40. The fourth-order valence-electron chi connectivity index (χ4n) is 3.51. The number of nitrogens with zero attached hydrogens (tertiary/aromatic N) is 3. The van der Waals surface area contributed by atoms with E-state index in [0.29, 0.717) is 43.8 Å². The van der Waals surface area contributed by atoms with E-state index in [0.717, 1.165) is 30.7 Å². The van der Waals surface area contributed by atoms with Gasteiger partial charge in [-0.2, -0.15) is 18.2 Å². The van der Waals surface area contributed by atoms with E-state index in [2.05, 4.69) is 15.3 Å². The maximum absolute atomic E-state index is 12.9. The highest BCUT2D eigenvalue weighted by molar-refractivity contribution is 5.59. The molecular weight excluding hydrogens is 373 g/mol. The van der Waals surface area contributed by atoms with Crippen LogP contribution >= 0.6 is 0 Å². The molecular formula is C19H21F3N4O2. The lowest BCUT2D eigenvalue weighted by Crippen LogP contribution is -2.45. The van der Waals surface area contributed by atoms with Crippen LogP contribution in [0.4, 0.5) is 30.6 Å². The predicted octanol–water partition coefficient (Wildman–Crippen LogP) is 3.89. The lowest BCUT2D eigenvalue weighted by Gasteiger charge is -2.37. The number of piperidine rings is 1. The number of rotatable bonds is 3. The van der Waals surface area contributed by atoms with E-state index in [1.807, 2.05) is 11.8 Å². The molecule has 4 rings (SSSR count). The molecule has 0 unspecified atom stereocenters. The average Bonchev–Trinajstić information content (AvgIpc) is 3.09. The number of ether oxygens (including phenoxy) is 2. The van der Waals surface area contributed by atoms with Gasteiger partial charge in [0.1, 0.15) is 5.82 Å². The fourth-order valence-corrected chi connectivity index (χ4v) is 3.51. The van der Waals surface area contributed by atoms with Gasteiger partial charge in [0.05, 0.1) is 18.8 Å². The van der Waals surface area contributed by atoms with Crippen LogP contribution in [0.2, 0.25) is 0 Å². The van der Waals surface area contributed by atoms with Crippen LogP contribution in [-0.2, 0) is 15.7 Å². The van der Waals surface area contributed by atoms with Gasteiger partial charge in [-0.3, -0.25) is 0 Å². The molecule has 6 nitrogen and oxygen atoms in total. The smallest absolute Gasteiger partial charge is 0.347 e. The first-order valence-electron chi connectivity index (χ1n) is 9.16. The summed E-state index contributed by atoms with van der Waals surface area (Å²) < 4.78 is 50.2. The summed E-state index contributed by atoms with van der Waals surface area (Å²) in [5, 5.41) is 2.96. The van der Waals surface area contributed by atoms with Gasteiger partial charge in [0.15, 0.2) is 5.79 Å². The third-order valence-electron chi connectivity index (χ3n) is 4.93. The Bertz CT molecular complexity index is 843. The molecule has 0 amide bonds. The molecule has 1 aromatic heterocycles. The van der Waals surface area contributed by atoms with Crippen molar-refractivity contribution in [1.82, 2.24) is 9.97 Å². The van der Waals surface area contributed by atoms with E-state index in [-0.39, 0.29) is 0 Å². The molecule has 2 aliphatic heterocycles. The molecule has 0 radical (unpaired) electrons. The third kappa shape index (κ3) is 4.05. The van der Waals surface area contributed by atoms with Crippen LogP contribution in [-0.4, -0.2) is 42.1 Å². The second-order valence-electron chi connectivity index (χ2n) is 6.99. The van der Waals surface area contributed by atoms with E-state index in [1.165, 1.54) is 6.07 Å². The van der Waals surface area contributed by atoms with Gasteiger partial charge in [-0.05, 0) is 25.1 Å². The number of halogens is 3. The van der Waals surface area contributed by atoms with Gasteiger partial charge in [-0.25, -0.2) is 4.98 Å². The van der Waals surface area contributed by atoms with Gasteiger partial charge in [0, 0.05) is 43.4 Å². The number of hydrogen-bond donors (Lipinski definition) is 1. The summed E-state index contributed by atoms with van der Waals surface area (Å²) in [6.07, 6.45) is -2.94. The van der Waals surface area contributed by atoms with Gasteiger partial charge in [-0.15, -0.1) is 0 Å². The van der Waals surface area contributed by atoms with Crippen molar-refractivity contribution in [1.29, 1.82) is 0 Å². The molecule has 0 bridgehead atoms. The minimum Gasteiger partial charge on any atom is -0.347 e. The van der Waals surface area contributed by atoms with Crippen LogP contribution in [0.3, 0.4) is 0 Å². The molecule has 0 aliphatic carbocycles. The quantitative estimate of drug-likeness (QED) is 0.852. The summed E-state index contributed by atoms with van der Waals surface area (Å²) in [7, 11) is 0. The summed E-state index contributed by atoms with van der Waals surface area (Å²) >= 11 is 0. The fraction of sp³-hybridized carbons (Fsp3) is 0.474. The Kier molecular flexibility index (Phi) is 4.88. The number of alkyl halides is 3. The first kappa shape index (κ1) is 18.9. The van der Waals surface area contributed by atoms with Crippen molar-refractivity contribution in [2.75, 3.05) is 36.5 Å². The van der Waals surface area contributed by atoms with Crippen molar-refractivity contribution in [3.8, 4) is 0 Å². The highest BCUT2D eigenvalue weighted by Crippen LogP contribution is 2.33. The van der Waals surface area contributed by atoms with E-state index >= 15 is 0 Å². The summed E-state index contributed by atoms with van der Waals surface area (Å²) in [6, 6.07) is 6.76.